The molecule has 19 heavy (non-hydrogen) atoms. The summed E-state index contributed by atoms with van der Waals surface area (Å²) < 4.78 is 32.0. The van der Waals surface area contributed by atoms with Gasteiger partial charge < -0.3 is 10.2 Å². The van der Waals surface area contributed by atoms with Gasteiger partial charge in [-0.2, -0.15) is 0 Å². The van der Waals surface area contributed by atoms with E-state index in [-0.39, 0.29) is 23.1 Å². The van der Waals surface area contributed by atoms with Gasteiger partial charge in [0.1, 0.15) is 0 Å². The molecular weight excluding hydrogens is 254 g/mol. The van der Waals surface area contributed by atoms with Crippen LogP contribution in [0.2, 0.25) is 0 Å². The first-order valence-electron chi connectivity index (χ1n) is 5.41. The number of aryl methyl sites for hydroxylation is 1. The molecule has 0 bridgehead atoms. The molecule has 3 N–H and O–H groups in total. The molecule has 2 aromatic rings. The van der Waals surface area contributed by atoms with Gasteiger partial charge in [-0.1, -0.05) is 0 Å². The summed E-state index contributed by atoms with van der Waals surface area (Å²) in [4.78, 5) is 7.85. The highest BCUT2D eigenvalue weighted by Gasteiger charge is 2.13. The molecule has 1 aromatic carbocycles. The maximum Gasteiger partial charge on any atom is 0.187 e. The third kappa shape index (κ3) is 2.45. The third-order valence-electron chi connectivity index (χ3n) is 2.56. The molecule has 0 saturated heterocycles. The van der Waals surface area contributed by atoms with E-state index in [2.05, 4.69) is 15.4 Å². The van der Waals surface area contributed by atoms with Gasteiger partial charge in [0.25, 0.3) is 0 Å². The lowest BCUT2D eigenvalue weighted by molar-refractivity contribution is 0.386. The van der Waals surface area contributed by atoms with Gasteiger partial charge >= 0.3 is 0 Å². The van der Waals surface area contributed by atoms with E-state index in [0.29, 0.717) is 5.56 Å². The Morgan fingerprint density at radius 3 is 2.58 bits per heavy atom. The fourth-order valence-corrected chi connectivity index (χ4v) is 1.59. The largest absolute Gasteiger partial charge is 0.494 e. The topological polar surface area (TPSA) is 73.1 Å². The van der Waals surface area contributed by atoms with E-state index in [9.17, 15) is 8.78 Å². The summed E-state index contributed by atoms with van der Waals surface area (Å²) in [6, 6.07) is 4.24. The summed E-state index contributed by atoms with van der Waals surface area (Å²) in [5, 5.41) is 0. The molecule has 0 aliphatic rings. The number of anilines is 1. The normalized spacial score (nSPS) is 10.4. The Hall–Kier alpha value is -2.28. The van der Waals surface area contributed by atoms with Crippen LogP contribution >= 0.6 is 0 Å². The number of nitrogens with two attached hydrogens (primary N) is 1. The summed E-state index contributed by atoms with van der Waals surface area (Å²) in [6.07, 6.45) is 0. The molecule has 7 heteroatoms. The van der Waals surface area contributed by atoms with Crippen LogP contribution in [0.1, 0.15) is 5.69 Å². The minimum absolute atomic E-state index is 0.111. The number of halogens is 2. The van der Waals surface area contributed by atoms with Crippen molar-refractivity contribution in [1.29, 1.82) is 0 Å². The molecule has 0 amide bonds. The van der Waals surface area contributed by atoms with Crippen LogP contribution in [0.5, 0.6) is 5.75 Å². The number of nitrogens with one attached hydrogen (secondary N) is 1. The van der Waals surface area contributed by atoms with Crippen LogP contribution in [0, 0.1) is 18.6 Å². The Kier molecular flexibility index (Phi) is 3.57. The fraction of sp³-hybridized carbons (Fsp3) is 0.167. The lowest BCUT2D eigenvalue weighted by Crippen LogP contribution is -2.13. The van der Waals surface area contributed by atoms with Crippen LogP contribution in [-0.4, -0.2) is 17.1 Å². The Morgan fingerprint density at radius 1 is 1.26 bits per heavy atom. The zero-order valence-corrected chi connectivity index (χ0v) is 10.4. The molecule has 0 aliphatic carbocycles. The maximum absolute atomic E-state index is 13.6. The predicted octanol–water partition coefficient (Wildman–Crippen LogP) is 2.02. The van der Waals surface area contributed by atoms with Crippen LogP contribution < -0.4 is 16.0 Å². The number of nitrogens with zero attached hydrogens (tertiary/aromatic N) is 2. The number of hydrazine groups is 1. The molecule has 0 unspecified atom stereocenters. The van der Waals surface area contributed by atoms with Crippen molar-refractivity contribution in [3.8, 4) is 17.1 Å². The number of rotatable bonds is 3. The van der Waals surface area contributed by atoms with Crippen LogP contribution in [-0.2, 0) is 0 Å². The number of hydrogen-bond acceptors (Lipinski definition) is 5. The Bertz CT molecular complexity index is 619. The zero-order valence-electron chi connectivity index (χ0n) is 10.4. The van der Waals surface area contributed by atoms with Gasteiger partial charge in [-0.3, -0.25) is 0 Å². The smallest absolute Gasteiger partial charge is 0.187 e. The number of ether oxygens (including phenoxy) is 1. The van der Waals surface area contributed by atoms with E-state index in [1.807, 2.05) is 0 Å². The van der Waals surface area contributed by atoms with E-state index < -0.39 is 11.6 Å². The van der Waals surface area contributed by atoms with E-state index in [4.69, 9.17) is 10.6 Å². The number of benzene rings is 1. The average molecular weight is 266 g/mol. The molecule has 5 nitrogen and oxygen atoms in total. The molecule has 100 valence electrons. The minimum Gasteiger partial charge on any atom is -0.494 e. The van der Waals surface area contributed by atoms with Crippen molar-refractivity contribution < 1.29 is 13.5 Å². The molecule has 0 atom stereocenters. The molecule has 1 heterocycles. The number of aromatic nitrogens is 2. The second kappa shape index (κ2) is 5.15. The van der Waals surface area contributed by atoms with Crippen molar-refractivity contribution in [2.24, 2.45) is 5.84 Å². The van der Waals surface area contributed by atoms with Gasteiger partial charge in [0.05, 0.1) is 12.8 Å². The number of methoxy groups -OCH3 is 1. The summed E-state index contributed by atoms with van der Waals surface area (Å²) >= 11 is 0. The molecule has 1 aromatic heterocycles. The molecule has 0 radical (unpaired) electrons. The van der Waals surface area contributed by atoms with Gasteiger partial charge in [0, 0.05) is 5.56 Å². The Labute approximate surface area is 108 Å². The van der Waals surface area contributed by atoms with Crippen LogP contribution in [0.15, 0.2) is 18.2 Å². The number of nitrogen functional groups attached to an aromatic ring is 1. The van der Waals surface area contributed by atoms with Gasteiger partial charge in [-0.05, 0) is 25.1 Å². The molecule has 0 spiro atoms. The highest BCUT2D eigenvalue weighted by molar-refractivity contribution is 5.59. The van der Waals surface area contributed by atoms with E-state index in [0.717, 1.165) is 0 Å². The molecule has 2 rings (SSSR count). The third-order valence-corrected chi connectivity index (χ3v) is 2.56. The monoisotopic (exact) mass is 266 g/mol. The van der Waals surface area contributed by atoms with Gasteiger partial charge in [-0.25, -0.2) is 24.6 Å². The predicted molar refractivity (Wildman–Crippen MR) is 66.5 cm³/mol. The number of hydrogen-bond donors (Lipinski definition) is 2. The summed E-state index contributed by atoms with van der Waals surface area (Å²) in [5.74, 6) is 4.13. The summed E-state index contributed by atoms with van der Waals surface area (Å²) in [6.45, 7) is 1.47. The van der Waals surface area contributed by atoms with Crippen molar-refractivity contribution in [2.75, 3.05) is 12.5 Å². The Morgan fingerprint density at radius 2 is 2.00 bits per heavy atom. The van der Waals surface area contributed by atoms with Crippen LogP contribution in [0.3, 0.4) is 0 Å². The van der Waals surface area contributed by atoms with Crippen molar-refractivity contribution in [3.05, 3.63) is 35.5 Å². The summed E-state index contributed by atoms with van der Waals surface area (Å²) in [5.41, 5.74) is 2.66. The van der Waals surface area contributed by atoms with Gasteiger partial charge in [-0.15, -0.1) is 0 Å². The van der Waals surface area contributed by atoms with Crippen LogP contribution in [0.25, 0.3) is 11.4 Å². The first-order chi connectivity index (χ1) is 9.06. The fourth-order valence-electron chi connectivity index (χ4n) is 1.59. The van der Waals surface area contributed by atoms with Crippen molar-refractivity contribution in [2.45, 2.75) is 6.92 Å². The van der Waals surface area contributed by atoms with E-state index in [1.54, 1.807) is 6.07 Å². The molecule has 0 saturated carbocycles. The quantitative estimate of drug-likeness (QED) is 0.657. The zero-order chi connectivity index (χ0) is 14.0. The van der Waals surface area contributed by atoms with Crippen LogP contribution in [0.4, 0.5) is 14.6 Å². The van der Waals surface area contributed by atoms with Gasteiger partial charge in [0.15, 0.2) is 29.0 Å². The highest BCUT2D eigenvalue weighted by Crippen LogP contribution is 2.25. The first kappa shape index (κ1) is 13.2. The molecule has 0 fully saturated rings. The van der Waals surface area contributed by atoms with E-state index >= 15 is 0 Å². The second-order valence-corrected chi connectivity index (χ2v) is 3.79. The highest BCUT2D eigenvalue weighted by atomic mass is 19.1. The van der Waals surface area contributed by atoms with Gasteiger partial charge in [0.2, 0.25) is 0 Å². The van der Waals surface area contributed by atoms with Crippen molar-refractivity contribution >= 4 is 5.82 Å². The minimum atomic E-state index is -0.639. The summed E-state index contributed by atoms with van der Waals surface area (Å²) in [7, 11) is 1.37. The maximum atomic E-state index is 13.6. The Balaban J connectivity index is 2.53. The molecular formula is C12H12F2N4O. The standard InChI is InChI=1S/C12H12F2N4O/c1-6-10(14)12(18-15)17-11(16-6)7-3-4-9(19-2)8(13)5-7/h3-5H,15H2,1-2H3,(H,16,17,18). The van der Waals surface area contributed by atoms with Crippen molar-refractivity contribution in [3.63, 3.8) is 0 Å². The molecule has 0 aliphatic heterocycles. The average Bonchev–Trinajstić information content (AvgIpc) is 2.41. The SMILES string of the molecule is COc1ccc(-c2nc(C)c(F)c(NN)n2)cc1F. The van der Waals surface area contributed by atoms with E-state index in [1.165, 1.54) is 26.2 Å². The lowest BCUT2D eigenvalue weighted by Gasteiger charge is -2.08. The van der Waals surface area contributed by atoms with Crippen molar-refractivity contribution in [1.82, 2.24) is 9.97 Å². The second-order valence-electron chi connectivity index (χ2n) is 3.79. The lowest BCUT2D eigenvalue weighted by atomic mass is 10.2. The first-order valence-corrected chi connectivity index (χ1v) is 5.41.